The van der Waals surface area contributed by atoms with Crippen molar-refractivity contribution < 1.29 is 25.9 Å². The quantitative estimate of drug-likeness (QED) is 0.804. The van der Waals surface area contributed by atoms with E-state index >= 15 is 0 Å². The lowest BCUT2D eigenvalue weighted by Gasteiger charge is -2.09. The second-order valence-electron chi connectivity index (χ2n) is 4.67. The second kappa shape index (κ2) is 6.17. The van der Waals surface area contributed by atoms with Gasteiger partial charge in [-0.3, -0.25) is 9.11 Å². The van der Waals surface area contributed by atoms with E-state index in [1.54, 1.807) is 24.3 Å². The molecule has 0 amide bonds. The van der Waals surface area contributed by atoms with Crippen molar-refractivity contribution in [1.82, 2.24) is 0 Å². The molecule has 2 aromatic carbocycles. The van der Waals surface area contributed by atoms with Gasteiger partial charge in [0.1, 0.15) is 0 Å². The Kier molecular flexibility index (Phi) is 4.66. The maximum Gasteiger partial charge on any atom is 0.294 e. The standard InChI is InChI=1S/C14H14O6S2/c15-21(16,17)13-7-3-1-5-11(13)9-10-12-6-2-4-8-14(12)22(18,19)20/h1-8H,9-10H2,(H,15,16,17)(H,18,19,20). The summed E-state index contributed by atoms with van der Waals surface area (Å²) in [5.41, 5.74) is 0.741. The Morgan fingerprint density at radius 1 is 0.636 bits per heavy atom. The maximum absolute atomic E-state index is 11.3. The summed E-state index contributed by atoms with van der Waals surface area (Å²) >= 11 is 0. The first-order valence-corrected chi connectivity index (χ1v) is 9.18. The van der Waals surface area contributed by atoms with Crippen LogP contribution in [0.2, 0.25) is 0 Å². The van der Waals surface area contributed by atoms with Crippen molar-refractivity contribution in [2.45, 2.75) is 22.6 Å². The summed E-state index contributed by atoms with van der Waals surface area (Å²) < 4.78 is 63.6. The third kappa shape index (κ3) is 3.92. The van der Waals surface area contributed by atoms with E-state index in [0.29, 0.717) is 11.1 Å². The molecule has 0 heterocycles. The molecule has 0 aliphatic carbocycles. The third-order valence-electron chi connectivity index (χ3n) is 3.16. The van der Waals surface area contributed by atoms with E-state index in [9.17, 15) is 25.9 Å². The van der Waals surface area contributed by atoms with Gasteiger partial charge in [0.25, 0.3) is 20.2 Å². The molecule has 22 heavy (non-hydrogen) atoms. The summed E-state index contributed by atoms with van der Waals surface area (Å²) in [6, 6.07) is 11.9. The molecule has 2 N–H and O–H groups in total. The first kappa shape index (κ1) is 16.6. The molecule has 0 spiro atoms. The van der Waals surface area contributed by atoms with Crippen molar-refractivity contribution in [3.8, 4) is 0 Å². The van der Waals surface area contributed by atoms with Gasteiger partial charge in [-0.15, -0.1) is 0 Å². The van der Waals surface area contributed by atoms with E-state index in [1.165, 1.54) is 24.3 Å². The molecule has 0 aliphatic rings. The summed E-state index contributed by atoms with van der Waals surface area (Å²) in [6.45, 7) is 0. The van der Waals surface area contributed by atoms with Crippen molar-refractivity contribution in [3.05, 3.63) is 59.7 Å². The summed E-state index contributed by atoms with van der Waals surface area (Å²) in [6.07, 6.45) is 0.394. The fourth-order valence-electron chi connectivity index (χ4n) is 2.19. The Bertz CT molecular complexity index is 810. The van der Waals surface area contributed by atoms with Crippen LogP contribution in [0.25, 0.3) is 0 Å². The molecule has 0 saturated carbocycles. The smallest absolute Gasteiger partial charge is 0.282 e. The maximum atomic E-state index is 11.3. The lowest BCUT2D eigenvalue weighted by atomic mass is 10.0. The van der Waals surface area contributed by atoms with Crippen LogP contribution < -0.4 is 0 Å². The van der Waals surface area contributed by atoms with Gasteiger partial charge in [0.05, 0.1) is 9.79 Å². The molecule has 0 aromatic heterocycles. The highest BCUT2D eigenvalue weighted by molar-refractivity contribution is 7.86. The van der Waals surface area contributed by atoms with Crippen molar-refractivity contribution in [2.75, 3.05) is 0 Å². The van der Waals surface area contributed by atoms with Crippen molar-refractivity contribution in [2.24, 2.45) is 0 Å². The zero-order chi connectivity index (χ0) is 16.4. The Hall–Kier alpha value is -1.74. The summed E-state index contributed by atoms with van der Waals surface area (Å²) in [4.78, 5) is -0.418. The zero-order valence-electron chi connectivity index (χ0n) is 11.4. The Morgan fingerprint density at radius 2 is 0.955 bits per heavy atom. The molecular weight excluding hydrogens is 328 g/mol. The molecule has 0 aliphatic heterocycles. The largest absolute Gasteiger partial charge is 0.294 e. The van der Waals surface area contributed by atoms with Gasteiger partial charge in [0, 0.05) is 0 Å². The zero-order valence-corrected chi connectivity index (χ0v) is 13.0. The van der Waals surface area contributed by atoms with Gasteiger partial charge >= 0.3 is 0 Å². The summed E-state index contributed by atoms with van der Waals surface area (Å²) in [5.74, 6) is 0. The average molecular weight is 342 g/mol. The molecule has 0 unspecified atom stereocenters. The van der Waals surface area contributed by atoms with Crippen LogP contribution >= 0.6 is 0 Å². The molecule has 118 valence electrons. The Morgan fingerprint density at radius 3 is 1.27 bits per heavy atom. The van der Waals surface area contributed by atoms with Crippen LogP contribution in [-0.2, 0) is 33.1 Å². The number of aryl methyl sites for hydroxylation is 2. The molecule has 0 bridgehead atoms. The Labute approximate surface area is 128 Å². The predicted octanol–water partition coefficient (Wildman–Crippen LogP) is 1.97. The highest BCUT2D eigenvalue weighted by atomic mass is 32.2. The lowest BCUT2D eigenvalue weighted by Crippen LogP contribution is -2.07. The van der Waals surface area contributed by atoms with Gasteiger partial charge in [-0.2, -0.15) is 16.8 Å². The number of rotatable bonds is 5. The van der Waals surface area contributed by atoms with Gasteiger partial charge in [-0.1, -0.05) is 36.4 Å². The first-order valence-electron chi connectivity index (χ1n) is 6.30. The highest BCUT2D eigenvalue weighted by Crippen LogP contribution is 2.20. The van der Waals surface area contributed by atoms with Gasteiger partial charge in [-0.05, 0) is 36.1 Å². The normalized spacial score (nSPS) is 12.3. The minimum atomic E-state index is -4.34. The molecule has 0 fully saturated rings. The fourth-order valence-corrected chi connectivity index (χ4v) is 3.70. The monoisotopic (exact) mass is 342 g/mol. The number of benzene rings is 2. The molecule has 0 radical (unpaired) electrons. The predicted molar refractivity (Wildman–Crippen MR) is 79.9 cm³/mol. The second-order valence-corrected chi connectivity index (χ2v) is 7.45. The van der Waals surface area contributed by atoms with E-state index in [1.807, 2.05) is 0 Å². The number of hydrogen-bond donors (Lipinski definition) is 2. The average Bonchev–Trinajstić information content (AvgIpc) is 2.44. The molecule has 8 heteroatoms. The van der Waals surface area contributed by atoms with Crippen molar-refractivity contribution in [1.29, 1.82) is 0 Å². The Balaban J connectivity index is 2.34. The van der Waals surface area contributed by atoms with Crippen LogP contribution in [0.3, 0.4) is 0 Å². The van der Waals surface area contributed by atoms with Crippen LogP contribution in [-0.4, -0.2) is 25.9 Å². The van der Waals surface area contributed by atoms with Crippen LogP contribution in [0.1, 0.15) is 11.1 Å². The van der Waals surface area contributed by atoms with Gasteiger partial charge in [0.15, 0.2) is 0 Å². The van der Waals surface area contributed by atoms with E-state index < -0.39 is 20.2 Å². The van der Waals surface area contributed by atoms with Gasteiger partial charge in [0.2, 0.25) is 0 Å². The van der Waals surface area contributed by atoms with Gasteiger partial charge < -0.3 is 0 Å². The van der Waals surface area contributed by atoms with Crippen molar-refractivity contribution >= 4 is 20.2 Å². The van der Waals surface area contributed by atoms with Crippen LogP contribution in [0, 0.1) is 0 Å². The SMILES string of the molecule is O=S(=O)(O)c1ccccc1CCc1ccccc1S(=O)(=O)O. The fraction of sp³-hybridized carbons (Fsp3) is 0.143. The van der Waals surface area contributed by atoms with E-state index in [-0.39, 0.29) is 22.6 Å². The topological polar surface area (TPSA) is 109 Å². The van der Waals surface area contributed by atoms with Crippen LogP contribution in [0.4, 0.5) is 0 Å². The van der Waals surface area contributed by atoms with E-state index in [2.05, 4.69) is 0 Å². The minimum absolute atomic E-state index is 0.197. The first-order chi connectivity index (χ1) is 10.2. The molecule has 0 atom stereocenters. The lowest BCUT2D eigenvalue weighted by molar-refractivity contribution is 0.479. The van der Waals surface area contributed by atoms with Crippen LogP contribution in [0.15, 0.2) is 58.3 Å². The molecule has 2 rings (SSSR count). The molecule has 6 nitrogen and oxygen atoms in total. The summed E-state index contributed by atoms with van der Waals surface area (Å²) in [5, 5.41) is 0. The minimum Gasteiger partial charge on any atom is -0.282 e. The van der Waals surface area contributed by atoms with Crippen LogP contribution in [0.5, 0.6) is 0 Å². The van der Waals surface area contributed by atoms with Crippen molar-refractivity contribution in [3.63, 3.8) is 0 Å². The molecule has 2 aromatic rings. The van der Waals surface area contributed by atoms with E-state index in [0.717, 1.165) is 0 Å². The third-order valence-corrected chi connectivity index (χ3v) is 5.07. The van der Waals surface area contributed by atoms with Gasteiger partial charge in [-0.25, -0.2) is 0 Å². The van der Waals surface area contributed by atoms with E-state index in [4.69, 9.17) is 0 Å². The molecular formula is C14H14O6S2. The highest BCUT2D eigenvalue weighted by Gasteiger charge is 2.17. The summed E-state index contributed by atoms with van der Waals surface area (Å²) in [7, 11) is -8.69. The molecule has 0 saturated heterocycles. The number of hydrogen-bond acceptors (Lipinski definition) is 4.